The van der Waals surface area contributed by atoms with Gasteiger partial charge in [0.2, 0.25) is 0 Å². The minimum atomic E-state index is 1.11. The summed E-state index contributed by atoms with van der Waals surface area (Å²) in [6.07, 6.45) is 3.90. The highest BCUT2D eigenvalue weighted by atomic mass is 14.9. The Kier molecular flexibility index (Phi) is 1.22. The monoisotopic (exact) mass is 146 g/mol. The minimum Gasteiger partial charge on any atom is -0.349 e. The van der Waals surface area contributed by atoms with Gasteiger partial charge in [-0.1, -0.05) is 0 Å². The van der Waals surface area contributed by atoms with Gasteiger partial charge in [0.25, 0.3) is 0 Å². The molecule has 0 unspecified atom stereocenters. The topological polar surface area (TPSA) is 17.8 Å². The average Bonchev–Trinajstić information content (AvgIpc) is 2.45. The maximum Gasteiger partial charge on any atom is 0.0896 e. The lowest BCUT2D eigenvalue weighted by Crippen LogP contribution is -1.96. The highest BCUT2D eigenvalue weighted by molar-refractivity contribution is 5.60. The summed E-state index contributed by atoms with van der Waals surface area (Å²) in [7, 11) is 2.03. The zero-order valence-corrected chi connectivity index (χ0v) is 6.70. The van der Waals surface area contributed by atoms with Crippen LogP contribution in [0.5, 0.6) is 0 Å². The Labute approximate surface area is 65.8 Å². The molecule has 2 heterocycles. The van der Waals surface area contributed by atoms with E-state index in [0.717, 1.165) is 5.69 Å². The van der Waals surface area contributed by atoms with Crippen LogP contribution < -0.4 is 0 Å². The molecule has 2 nitrogen and oxygen atoms in total. The molecule has 56 valence electrons. The summed E-state index contributed by atoms with van der Waals surface area (Å²) in [6, 6.07) is 4.11. The minimum absolute atomic E-state index is 1.11. The second kappa shape index (κ2) is 2.09. The molecule has 2 rings (SSSR count). The lowest BCUT2D eigenvalue weighted by molar-refractivity contribution is 0.908. The van der Waals surface area contributed by atoms with Gasteiger partial charge in [-0.05, 0) is 24.6 Å². The third-order valence-corrected chi connectivity index (χ3v) is 1.98. The molecule has 2 aliphatic rings. The van der Waals surface area contributed by atoms with Gasteiger partial charge in [0.1, 0.15) is 0 Å². The molecule has 0 aromatic heterocycles. The number of nitrogens with zero attached hydrogens (tertiary/aromatic N) is 2. The number of hydrogen-bond donors (Lipinski definition) is 0. The fourth-order valence-electron chi connectivity index (χ4n) is 1.30. The summed E-state index contributed by atoms with van der Waals surface area (Å²) < 4.78 is 2.08. The van der Waals surface area contributed by atoms with Gasteiger partial charge in [-0.25, -0.2) is 0 Å². The van der Waals surface area contributed by atoms with E-state index in [4.69, 9.17) is 0 Å². The van der Waals surface area contributed by atoms with E-state index in [1.54, 1.807) is 0 Å². The summed E-state index contributed by atoms with van der Waals surface area (Å²) in [5.41, 5.74) is 3.54. The largest absolute Gasteiger partial charge is 0.349 e. The van der Waals surface area contributed by atoms with E-state index in [1.807, 2.05) is 19.3 Å². The van der Waals surface area contributed by atoms with Gasteiger partial charge in [-0.2, -0.15) is 0 Å². The zero-order chi connectivity index (χ0) is 7.84. The molecular formula is C9H10N2. The number of rotatable bonds is 0. The molecule has 0 aromatic carbocycles. The van der Waals surface area contributed by atoms with E-state index < -0.39 is 0 Å². The number of fused-ring (bicyclic) bond motifs is 1. The van der Waals surface area contributed by atoms with Crippen LogP contribution in [0.3, 0.4) is 0 Å². The van der Waals surface area contributed by atoms with E-state index >= 15 is 0 Å². The highest BCUT2D eigenvalue weighted by Gasteiger charge is 2.07. The molecule has 0 aliphatic carbocycles. The number of hydrogen-bond acceptors (Lipinski definition) is 1. The second-order valence-corrected chi connectivity index (χ2v) is 2.79. The lowest BCUT2D eigenvalue weighted by atomic mass is 10.2. The Morgan fingerprint density at radius 3 is 2.91 bits per heavy atom. The number of aryl methyl sites for hydroxylation is 2. The van der Waals surface area contributed by atoms with Crippen LogP contribution in [0, 0.1) is 6.92 Å². The maximum absolute atomic E-state index is 4.26. The van der Waals surface area contributed by atoms with E-state index in [0.29, 0.717) is 0 Å². The van der Waals surface area contributed by atoms with Crippen molar-refractivity contribution >= 4 is 0 Å². The Morgan fingerprint density at radius 2 is 2.18 bits per heavy atom. The Morgan fingerprint density at radius 1 is 1.36 bits per heavy atom. The molecule has 0 saturated heterocycles. The van der Waals surface area contributed by atoms with Gasteiger partial charge < -0.3 is 4.57 Å². The van der Waals surface area contributed by atoms with Crippen molar-refractivity contribution in [3.63, 3.8) is 0 Å². The van der Waals surface area contributed by atoms with Crippen molar-refractivity contribution in [1.82, 2.24) is 9.55 Å². The van der Waals surface area contributed by atoms with E-state index in [1.165, 1.54) is 11.3 Å². The van der Waals surface area contributed by atoms with Crippen molar-refractivity contribution < 1.29 is 0 Å². The molecule has 0 spiro atoms. The smallest absolute Gasteiger partial charge is 0.0896 e. The van der Waals surface area contributed by atoms with Gasteiger partial charge in [0.15, 0.2) is 0 Å². The molecule has 0 N–H and O–H groups in total. The van der Waals surface area contributed by atoms with Gasteiger partial charge in [0.05, 0.1) is 11.4 Å². The molecule has 0 aromatic rings. The fourth-order valence-corrected chi connectivity index (χ4v) is 1.30. The van der Waals surface area contributed by atoms with E-state index in [9.17, 15) is 0 Å². The molecule has 0 saturated carbocycles. The first-order valence-electron chi connectivity index (χ1n) is 3.65. The van der Waals surface area contributed by atoms with Gasteiger partial charge in [-0.15, -0.1) is 0 Å². The fraction of sp³-hybridized carbons (Fsp3) is 0.222. The van der Waals surface area contributed by atoms with Crippen molar-refractivity contribution in [3.05, 3.63) is 30.1 Å². The third kappa shape index (κ3) is 0.827. The quantitative estimate of drug-likeness (QED) is 0.554. The van der Waals surface area contributed by atoms with Crippen molar-refractivity contribution in [2.24, 2.45) is 7.05 Å². The normalized spacial score (nSPS) is 10.7. The molecule has 0 amide bonds. The molecule has 2 aliphatic heterocycles. The van der Waals surface area contributed by atoms with Crippen LogP contribution in [-0.2, 0) is 7.05 Å². The molecular weight excluding hydrogens is 136 g/mol. The molecule has 0 atom stereocenters. The van der Waals surface area contributed by atoms with Crippen molar-refractivity contribution in [1.29, 1.82) is 0 Å². The van der Waals surface area contributed by atoms with E-state index in [-0.39, 0.29) is 0 Å². The molecule has 2 heteroatoms. The van der Waals surface area contributed by atoms with Crippen LogP contribution >= 0.6 is 0 Å². The van der Waals surface area contributed by atoms with Gasteiger partial charge >= 0.3 is 0 Å². The van der Waals surface area contributed by atoms with Crippen molar-refractivity contribution in [2.45, 2.75) is 6.92 Å². The van der Waals surface area contributed by atoms with Crippen LogP contribution in [0.15, 0.2) is 24.5 Å². The average molecular weight is 146 g/mol. The third-order valence-electron chi connectivity index (χ3n) is 1.98. The zero-order valence-electron chi connectivity index (χ0n) is 6.70. The Balaban J connectivity index is 2.82. The standard InChI is InChI=1S/C9H10N2/c1-7-4-6-11(2)8-3-5-10-9(7)8/h3-6H,1-2H3. The molecule has 0 radical (unpaired) electrons. The number of aromatic nitrogens is 2. The predicted molar refractivity (Wildman–Crippen MR) is 44.6 cm³/mol. The highest BCUT2D eigenvalue weighted by Crippen LogP contribution is 2.21. The summed E-state index contributed by atoms with van der Waals surface area (Å²) in [5.74, 6) is 0. The molecule has 0 fully saturated rings. The Bertz CT molecular complexity index is 316. The lowest BCUT2D eigenvalue weighted by Gasteiger charge is -2.07. The summed E-state index contributed by atoms with van der Waals surface area (Å²) in [6.45, 7) is 2.08. The molecule has 0 bridgehead atoms. The van der Waals surface area contributed by atoms with Crippen LogP contribution in [0.25, 0.3) is 11.4 Å². The first-order valence-corrected chi connectivity index (χ1v) is 3.65. The van der Waals surface area contributed by atoms with Crippen molar-refractivity contribution in [3.8, 4) is 11.4 Å². The first-order chi connectivity index (χ1) is 5.29. The van der Waals surface area contributed by atoms with E-state index in [2.05, 4.69) is 28.7 Å². The second-order valence-electron chi connectivity index (χ2n) is 2.79. The van der Waals surface area contributed by atoms with Crippen molar-refractivity contribution in [2.75, 3.05) is 0 Å². The summed E-state index contributed by atoms with van der Waals surface area (Å²) in [4.78, 5) is 4.26. The maximum atomic E-state index is 4.26. The van der Waals surface area contributed by atoms with Crippen LogP contribution in [-0.4, -0.2) is 9.55 Å². The van der Waals surface area contributed by atoms with Gasteiger partial charge in [-0.3, -0.25) is 4.98 Å². The first kappa shape index (κ1) is 6.40. The van der Waals surface area contributed by atoms with Crippen LogP contribution in [0.1, 0.15) is 5.56 Å². The summed E-state index contributed by atoms with van der Waals surface area (Å²) >= 11 is 0. The summed E-state index contributed by atoms with van der Waals surface area (Å²) in [5, 5.41) is 0. The van der Waals surface area contributed by atoms with Crippen LogP contribution in [0.4, 0.5) is 0 Å². The SMILES string of the molecule is Cc1ccn(C)c2ccnc1-2. The predicted octanol–water partition coefficient (Wildman–Crippen LogP) is 1.83. The van der Waals surface area contributed by atoms with Gasteiger partial charge in [0, 0.05) is 19.4 Å². The Hall–Kier alpha value is -1.31. The van der Waals surface area contributed by atoms with Crippen LogP contribution in [0.2, 0.25) is 0 Å². The number of pyridine rings is 1. The molecule has 11 heavy (non-hydrogen) atoms.